The van der Waals surface area contributed by atoms with Crippen molar-refractivity contribution in [3.05, 3.63) is 23.8 Å². The van der Waals surface area contributed by atoms with Gasteiger partial charge < -0.3 is 5.11 Å². The van der Waals surface area contributed by atoms with Crippen molar-refractivity contribution < 1.29 is 9.90 Å². The first-order chi connectivity index (χ1) is 9.65. The minimum Gasteiger partial charge on any atom is -0.478 e. The molecule has 0 saturated carbocycles. The highest BCUT2D eigenvalue weighted by Gasteiger charge is 2.13. The van der Waals surface area contributed by atoms with E-state index < -0.39 is 5.97 Å². The first-order valence-electron chi connectivity index (χ1n) is 7.22. The molecule has 0 amide bonds. The van der Waals surface area contributed by atoms with Crippen LogP contribution >= 0.6 is 0 Å². The van der Waals surface area contributed by atoms with Gasteiger partial charge in [0.05, 0.1) is 11.1 Å². The van der Waals surface area contributed by atoms with E-state index in [4.69, 9.17) is 5.11 Å². The van der Waals surface area contributed by atoms with Crippen LogP contribution in [0, 0.1) is 5.92 Å². The molecule has 5 nitrogen and oxygen atoms in total. The van der Waals surface area contributed by atoms with Crippen molar-refractivity contribution in [2.45, 2.75) is 46.1 Å². The first-order valence-corrected chi connectivity index (χ1v) is 7.22. The predicted molar refractivity (Wildman–Crippen MR) is 77.8 cm³/mol. The lowest BCUT2D eigenvalue weighted by Gasteiger charge is -2.14. The Kier molecular flexibility index (Phi) is 4.71. The zero-order valence-electron chi connectivity index (χ0n) is 12.0. The Labute approximate surface area is 118 Å². The summed E-state index contributed by atoms with van der Waals surface area (Å²) in [5, 5.41) is 17.3. The summed E-state index contributed by atoms with van der Waals surface area (Å²) < 4.78 is 1.84. The number of carboxylic acid groups (broad SMARTS) is 1. The third-order valence-electron chi connectivity index (χ3n) is 3.74. The Hall–Kier alpha value is -1.91. The summed E-state index contributed by atoms with van der Waals surface area (Å²) in [7, 11) is 0. The van der Waals surface area contributed by atoms with E-state index in [0.29, 0.717) is 5.92 Å². The molecule has 20 heavy (non-hydrogen) atoms. The lowest BCUT2D eigenvalue weighted by molar-refractivity contribution is 0.0697. The number of fused-ring (bicyclic) bond motifs is 1. The Morgan fingerprint density at radius 1 is 1.40 bits per heavy atom. The third kappa shape index (κ3) is 3.15. The molecular formula is C15H21N3O2. The molecule has 0 aliphatic rings. The second-order valence-corrected chi connectivity index (χ2v) is 5.20. The van der Waals surface area contributed by atoms with E-state index in [0.717, 1.165) is 24.0 Å². The van der Waals surface area contributed by atoms with Crippen molar-refractivity contribution in [1.82, 2.24) is 15.0 Å². The number of benzene rings is 1. The van der Waals surface area contributed by atoms with E-state index in [9.17, 15) is 4.79 Å². The van der Waals surface area contributed by atoms with Crippen molar-refractivity contribution in [1.29, 1.82) is 0 Å². The van der Waals surface area contributed by atoms with Crippen LogP contribution in [0.4, 0.5) is 0 Å². The molecule has 0 saturated heterocycles. The monoisotopic (exact) mass is 275 g/mol. The Bertz CT molecular complexity index is 592. The van der Waals surface area contributed by atoms with E-state index in [1.165, 1.54) is 19.3 Å². The molecule has 108 valence electrons. The largest absolute Gasteiger partial charge is 0.478 e. The van der Waals surface area contributed by atoms with E-state index in [1.54, 1.807) is 18.2 Å². The number of carboxylic acids is 1. The summed E-state index contributed by atoms with van der Waals surface area (Å²) in [6.45, 7) is 5.18. The highest BCUT2D eigenvalue weighted by atomic mass is 16.4. The Morgan fingerprint density at radius 3 is 2.85 bits per heavy atom. The number of unbranched alkanes of at least 4 members (excludes halogenated alkanes) is 1. The fourth-order valence-electron chi connectivity index (χ4n) is 2.39. The molecule has 1 unspecified atom stereocenters. The summed E-state index contributed by atoms with van der Waals surface area (Å²) in [5.41, 5.74) is 1.84. The lowest BCUT2D eigenvalue weighted by Crippen LogP contribution is -2.11. The Balaban J connectivity index is 2.24. The number of rotatable bonds is 7. The first kappa shape index (κ1) is 14.5. The van der Waals surface area contributed by atoms with E-state index in [2.05, 4.69) is 24.2 Å². The summed E-state index contributed by atoms with van der Waals surface area (Å²) in [4.78, 5) is 11.0. The van der Waals surface area contributed by atoms with E-state index >= 15 is 0 Å². The number of nitrogens with zero attached hydrogens (tertiary/aromatic N) is 3. The highest BCUT2D eigenvalue weighted by molar-refractivity contribution is 5.92. The van der Waals surface area contributed by atoms with Crippen LogP contribution in [0.2, 0.25) is 0 Å². The standard InChI is InChI=1S/C15H21N3O2/c1-3-5-6-11(4-2)10-18-14-9-12(15(19)20)7-8-13(14)16-17-18/h7-9,11H,3-6,10H2,1-2H3,(H,19,20). The van der Waals surface area contributed by atoms with Crippen LogP contribution in [-0.2, 0) is 6.54 Å². The zero-order valence-corrected chi connectivity index (χ0v) is 12.0. The van der Waals surface area contributed by atoms with Crippen molar-refractivity contribution in [3.63, 3.8) is 0 Å². The molecule has 0 aliphatic carbocycles. The molecule has 2 rings (SSSR count). The van der Waals surface area contributed by atoms with Gasteiger partial charge >= 0.3 is 5.97 Å². The number of hydrogen-bond acceptors (Lipinski definition) is 3. The van der Waals surface area contributed by atoms with Gasteiger partial charge in [-0.2, -0.15) is 0 Å². The van der Waals surface area contributed by atoms with E-state index in [1.807, 2.05) is 4.68 Å². The minimum atomic E-state index is -0.919. The van der Waals surface area contributed by atoms with Gasteiger partial charge in [0.15, 0.2) is 0 Å². The molecule has 1 aromatic carbocycles. The summed E-state index contributed by atoms with van der Waals surface area (Å²) in [6.07, 6.45) is 4.68. The normalized spacial score (nSPS) is 12.7. The molecule has 1 aromatic heterocycles. The van der Waals surface area contributed by atoms with Gasteiger partial charge in [-0.3, -0.25) is 0 Å². The quantitative estimate of drug-likeness (QED) is 0.841. The maximum Gasteiger partial charge on any atom is 0.335 e. The van der Waals surface area contributed by atoms with Gasteiger partial charge in [-0.1, -0.05) is 38.3 Å². The van der Waals surface area contributed by atoms with Crippen molar-refractivity contribution in [2.24, 2.45) is 5.92 Å². The average Bonchev–Trinajstić information content (AvgIpc) is 2.85. The second kappa shape index (κ2) is 6.50. The molecule has 0 fully saturated rings. The zero-order chi connectivity index (χ0) is 14.5. The molecule has 1 atom stereocenters. The molecule has 2 aromatic rings. The van der Waals surface area contributed by atoms with Gasteiger partial charge in [0, 0.05) is 6.54 Å². The van der Waals surface area contributed by atoms with Gasteiger partial charge in [-0.05, 0) is 30.5 Å². The van der Waals surface area contributed by atoms with Crippen LogP contribution in [0.15, 0.2) is 18.2 Å². The van der Waals surface area contributed by atoms with Crippen LogP contribution in [0.5, 0.6) is 0 Å². The van der Waals surface area contributed by atoms with Gasteiger partial charge in [0.1, 0.15) is 5.52 Å². The molecule has 0 aliphatic heterocycles. The van der Waals surface area contributed by atoms with Crippen molar-refractivity contribution >= 4 is 17.0 Å². The van der Waals surface area contributed by atoms with Crippen LogP contribution < -0.4 is 0 Å². The molecule has 5 heteroatoms. The van der Waals surface area contributed by atoms with Gasteiger partial charge in [-0.15, -0.1) is 5.10 Å². The summed E-state index contributed by atoms with van der Waals surface area (Å²) in [6, 6.07) is 4.94. The van der Waals surface area contributed by atoms with Crippen LogP contribution in [0.25, 0.3) is 11.0 Å². The van der Waals surface area contributed by atoms with Crippen LogP contribution in [0.1, 0.15) is 49.9 Å². The molecule has 1 N–H and O–H groups in total. The second-order valence-electron chi connectivity index (χ2n) is 5.20. The fourth-order valence-corrected chi connectivity index (χ4v) is 2.39. The predicted octanol–water partition coefficient (Wildman–Crippen LogP) is 3.35. The summed E-state index contributed by atoms with van der Waals surface area (Å²) in [5.74, 6) is -0.356. The van der Waals surface area contributed by atoms with Gasteiger partial charge in [-0.25, -0.2) is 9.48 Å². The van der Waals surface area contributed by atoms with E-state index in [-0.39, 0.29) is 5.56 Å². The van der Waals surface area contributed by atoms with Crippen LogP contribution in [-0.4, -0.2) is 26.1 Å². The molecule has 0 bridgehead atoms. The maximum absolute atomic E-state index is 11.0. The van der Waals surface area contributed by atoms with Crippen LogP contribution in [0.3, 0.4) is 0 Å². The lowest BCUT2D eigenvalue weighted by atomic mass is 9.99. The average molecular weight is 275 g/mol. The van der Waals surface area contributed by atoms with Crippen molar-refractivity contribution in [3.8, 4) is 0 Å². The summed E-state index contributed by atoms with van der Waals surface area (Å²) >= 11 is 0. The topological polar surface area (TPSA) is 68.0 Å². The SMILES string of the molecule is CCCCC(CC)Cn1nnc2ccc(C(=O)O)cc21. The number of aromatic carboxylic acids is 1. The van der Waals surface area contributed by atoms with Gasteiger partial charge in [0.25, 0.3) is 0 Å². The maximum atomic E-state index is 11.0. The fraction of sp³-hybridized carbons (Fsp3) is 0.533. The molecule has 0 spiro atoms. The smallest absolute Gasteiger partial charge is 0.335 e. The molecule has 0 radical (unpaired) electrons. The number of hydrogen-bond donors (Lipinski definition) is 1. The van der Waals surface area contributed by atoms with Crippen molar-refractivity contribution in [2.75, 3.05) is 0 Å². The third-order valence-corrected chi connectivity index (χ3v) is 3.74. The molecule has 1 heterocycles. The Morgan fingerprint density at radius 2 is 2.20 bits per heavy atom. The minimum absolute atomic E-state index is 0.280. The highest BCUT2D eigenvalue weighted by Crippen LogP contribution is 2.19. The molecular weight excluding hydrogens is 254 g/mol. The van der Waals surface area contributed by atoms with Gasteiger partial charge in [0.2, 0.25) is 0 Å². The number of carbonyl (C=O) groups is 1. The number of aromatic nitrogens is 3.